The average Bonchev–Trinajstić information content (AvgIpc) is 2.30. The van der Waals surface area contributed by atoms with E-state index in [0.717, 1.165) is 26.2 Å². The van der Waals surface area contributed by atoms with Gasteiger partial charge in [-0.3, -0.25) is 9.69 Å². The van der Waals surface area contributed by atoms with Crippen LogP contribution in [0.5, 0.6) is 0 Å². The zero-order chi connectivity index (χ0) is 11.4. The molecule has 1 aliphatic heterocycles. The van der Waals surface area contributed by atoms with E-state index in [2.05, 4.69) is 41.0 Å². The highest BCUT2D eigenvalue weighted by Crippen LogP contribution is 2.15. The van der Waals surface area contributed by atoms with Crippen molar-refractivity contribution in [3.05, 3.63) is 37.3 Å². The van der Waals surface area contributed by atoms with Gasteiger partial charge in [-0.05, 0) is 12.1 Å². The Morgan fingerprint density at radius 2 is 1.75 bits per heavy atom. The van der Waals surface area contributed by atoms with Crippen molar-refractivity contribution in [1.29, 1.82) is 0 Å². The van der Waals surface area contributed by atoms with Crippen LogP contribution < -0.4 is 4.90 Å². The Morgan fingerprint density at radius 1 is 1.12 bits per heavy atom. The van der Waals surface area contributed by atoms with Crippen molar-refractivity contribution in [2.45, 2.75) is 0 Å². The first kappa shape index (κ1) is 11.1. The van der Waals surface area contributed by atoms with Crippen molar-refractivity contribution >= 4 is 11.5 Å². The molecule has 1 radical (unpaired) electrons. The summed E-state index contributed by atoms with van der Waals surface area (Å²) in [4.78, 5) is 15.4. The number of hydrogen-bond acceptors (Lipinski definition) is 3. The van der Waals surface area contributed by atoms with Gasteiger partial charge in [0.1, 0.15) is 5.78 Å². The normalized spacial score (nSPS) is 17.4. The fraction of sp³-hybridized carbons (Fsp3) is 0.385. The summed E-state index contributed by atoms with van der Waals surface area (Å²) in [6.45, 7) is 7.75. The van der Waals surface area contributed by atoms with Gasteiger partial charge in [-0.15, -0.1) is 0 Å². The van der Waals surface area contributed by atoms with E-state index in [-0.39, 0.29) is 5.78 Å². The maximum absolute atomic E-state index is 10.9. The average molecular weight is 217 g/mol. The molecule has 1 heterocycles. The molecule has 1 aliphatic rings. The molecule has 3 heteroatoms. The van der Waals surface area contributed by atoms with Crippen LogP contribution in [-0.4, -0.2) is 43.4 Å². The van der Waals surface area contributed by atoms with Crippen molar-refractivity contribution in [2.75, 3.05) is 37.6 Å². The number of hydrogen-bond donors (Lipinski definition) is 0. The number of piperazine rings is 1. The van der Waals surface area contributed by atoms with Crippen LogP contribution in [0.2, 0.25) is 0 Å². The Hall–Kier alpha value is -1.35. The molecule has 0 bridgehead atoms. The van der Waals surface area contributed by atoms with Crippen molar-refractivity contribution in [1.82, 2.24) is 4.90 Å². The third-order valence-corrected chi connectivity index (χ3v) is 2.89. The molecule has 3 nitrogen and oxygen atoms in total. The van der Waals surface area contributed by atoms with Gasteiger partial charge < -0.3 is 4.90 Å². The lowest BCUT2D eigenvalue weighted by atomic mass is 10.2. The first-order valence-electron chi connectivity index (χ1n) is 5.63. The van der Waals surface area contributed by atoms with Crippen LogP contribution in [0.25, 0.3) is 0 Å². The van der Waals surface area contributed by atoms with Crippen molar-refractivity contribution < 1.29 is 4.79 Å². The maximum Gasteiger partial charge on any atom is 0.147 e. The van der Waals surface area contributed by atoms with E-state index in [0.29, 0.717) is 6.54 Å². The molecule has 0 spiro atoms. The molecule has 0 aromatic heterocycles. The number of Topliss-reactive ketones (excluding diaryl/α,β-unsaturated/α-hetero) is 1. The van der Waals surface area contributed by atoms with Crippen LogP contribution in [0.15, 0.2) is 30.3 Å². The van der Waals surface area contributed by atoms with E-state index in [9.17, 15) is 4.79 Å². The van der Waals surface area contributed by atoms with Crippen molar-refractivity contribution in [2.24, 2.45) is 0 Å². The highest BCUT2D eigenvalue weighted by atomic mass is 16.1. The molecule has 0 N–H and O–H groups in total. The second-order valence-corrected chi connectivity index (χ2v) is 4.14. The van der Waals surface area contributed by atoms with E-state index in [1.165, 1.54) is 5.69 Å². The second kappa shape index (κ2) is 5.12. The summed E-state index contributed by atoms with van der Waals surface area (Å²) in [6, 6.07) is 10.4. The minimum Gasteiger partial charge on any atom is -0.369 e. The van der Waals surface area contributed by atoms with Crippen molar-refractivity contribution in [3.63, 3.8) is 0 Å². The summed E-state index contributed by atoms with van der Waals surface area (Å²) in [7, 11) is 0. The number of nitrogens with zero attached hydrogens (tertiary/aromatic N) is 2. The SMILES string of the molecule is [CH2]C(=O)CN1CCN(c2ccccc2)CC1. The summed E-state index contributed by atoms with van der Waals surface area (Å²) in [6.07, 6.45) is 0. The van der Waals surface area contributed by atoms with Crippen LogP contribution in [0.3, 0.4) is 0 Å². The molecule has 1 aromatic rings. The Balaban J connectivity index is 1.88. The molecule has 85 valence electrons. The first-order chi connectivity index (χ1) is 7.75. The summed E-state index contributed by atoms with van der Waals surface area (Å²) in [5, 5.41) is 0. The Bertz CT molecular complexity index is 342. The lowest BCUT2D eigenvalue weighted by Gasteiger charge is -2.35. The number of para-hydroxylation sites is 1. The van der Waals surface area contributed by atoms with Crippen LogP contribution in [0.4, 0.5) is 5.69 Å². The fourth-order valence-corrected chi connectivity index (χ4v) is 2.05. The molecular weight excluding hydrogens is 200 g/mol. The van der Waals surface area contributed by atoms with Gasteiger partial charge in [0, 0.05) is 38.8 Å². The molecule has 0 unspecified atom stereocenters. The predicted molar refractivity (Wildman–Crippen MR) is 65.5 cm³/mol. The van der Waals surface area contributed by atoms with E-state index < -0.39 is 0 Å². The van der Waals surface area contributed by atoms with Crippen LogP contribution in [0.1, 0.15) is 0 Å². The number of rotatable bonds is 3. The van der Waals surface area contributed by atoms with Gasteiger partial charge in [-0.2, -0.15) is 0 Å². The number of anilines is 1. The highest BCUT2D eigenvalue weighted by molar-refractivity contribution is 5.84. The fourth-order valence-electron chi connectivity index (χ4n) is 2.05. The minimum atomic E-state index is 0.00756. The number of ketones is 1. The minimum absolute atomic E-state index is 0.00756. The van der Waals surface area contributed by atoms with Gasteiger partial charge in [0.05, 0.1) is 6.54 Å². The summed E-state index contributed by atoms with van der Waals surface area (Å²) in [5.74, 6) is 0.00756. The topological polar surface area (TPSA) is 23.6 Å². The van der Waals surface area contributed by atoms with Gasteiger partial charge in [0.25, 0.3) is 0 Å². The lowest BCUT2D eigenvalue weighted by Crippen LogP contribution is -2.47. The van der Waals surface area contributed by atoms with E-state index in [4.69, 9.17) is 0 Å². The molecule has 16 heavy (non-hydrogen) atoms. The summed E-state index contributed by atoms with van der Waals surface area (Å²) in [5.41, 5.74) is 1.27. The van der Waals surface area contributed by atoms with Gasteiger partial charge in [0.15, 0.2) is 0 Å². The first-order valence-corrected chi connectivity index (χ1v) is 5.63. The highest BCUT2D eigenvalue weighted by Gasteiger charge is 2.17. The smallest absolute Gasteiger partial charge is 0.147 e. The quantitative estimate of drug-likeness (QED) is 0.760. The van der Waals surface area contributed by atoms with Gasteiger partial charge in [-0.1, -0.05) is 18.2 Å². The standard InChI is InChI=1S/C13H17N2O/c1-12(16)11-14-7-9-15(10-8-14)13-5-3-2-4-6-13/h2-6H,1,7-11H2. The molecule has 0 aliphatic carbocycles. The molecule has 1 aromatic carbocycles. The monoisotopic (exact) mass is 217 g/mol. The molecular formula is C13H17N2O. The third kappa shape index (κ3) is 2.83. The lowest BCUT2D eigenvalue weighted by molar-refractivity contribution is -0.116. The second-order valence-electron chi connectivity index (χ2n) is 4.14. The summed E-state index contributed by atoms with van der Waals surface area (Å²) < 4.78 is 0. The van der Waals surface area contributed by atoms with Gasteiger partial charge in [0.2, 0.25) is 0 Å². The molecule has 1 saturated heterocycles. The van der Waals surface area contributed by atoms with Crippen LogP contribution in [0, 0.1) is 6.92 Å². The van der Waals surface area contributed by atoms with Crippen molar-refractivity contribution in [3.8, 4) is 0 Å². The number of carbonyl (C=O) groups is 1. The number of carbonyl (C=O) groups excluding carboxylic acids is 1. The predicted octanol–water partition coefficient (Wildman–Crippen LogP) is 1.21. The largest absolute Gasteiger partial charge is 0.369 e. The molecule has 0 amide bonds. The number of benzene rings is 1. The zero-order valence-corrected chi connectivity index (χ0v) is 9.43. The molecule has 0 saturated carbocycles. The van der Waals surface area contributed by atoms with Crippen LogP contribution >= 0.6 is 0 Å². The molecule has 2 rings (SSSR count). The Labute approximate surface area is 96.7 Å². The Kier molecular flexibility index (Phi) is 3.57. The van der Waals surface area contributed by atoms with Crippen LogP contribution in [-0.2, 0) is 4.79 Å². The van der Waals surface area contributed by atoms with E-state index in [1.807, 2.05) is 6.07 Å². The van der Waals surface area contributed by atoms with Gasteiger partial charge in [-0.25, -0.2) is 0 Å². The zero-order valence-electron chi connectivity index (χ0n) is 9.43. The van der Waals surface area contributed by atoms with E-state index >= 15 is 0 Å². The molecule has 1 fully saturated rings. The Morgan fingerprint density at radius 3 is 2.31 bits per heavy atom. The third-order valence-electron chi connectivity index (χ3n) is 2.89. The maximum atomic E-state index is 10.9. The van der Waals surface area contributed by atoms with Gasteiger partial charge >= 0.3 is 0 Å². The van der Waals surface area contributed by atoms with E-state index in [1.54, 1.807) is 0 Å². The molecule has 0 atom stereocenters. The summed E-state index contributed by atoms with van der Waals surface area (Å²) >= 11 is 0.